The largest absolute Gasteiger partial charge is 0.497 e. The molecule has 0 fully saturated rings. The minimum atomic E-state index is -1.24. The van der Waals surface area contributed by atoms with E-state index in [1.54, 1.807) is 32.4 Å². The van der Waals surface area contributed by atoms with Crippen LogP contribution in [0.4, 0.5) is 5.69 Å². The minimum Gasteiger partial charge on any atom is -0.497 e. The quantitative estimate of drug-likeness (QED) is 0.699. The van der Waals surface area contributed by atoms with Crippen LogP contribution in [0.2, 0.25) is 0 Å². The van der Waals surface area contributed by atoms with Crippen molar-refractivity contribution in [2.24, 2.45) is 0 Å². The molecule has 0 aliphatic heterocycles. The van der Waals surface area contributed by atoms with Gasteiger partial charge in [-0.15, -0.1) is 0 Å². The predicted molar refractivity (Wildman–Crippen MR) is 52.9 cm³/mol. The first-order valence-electron chi connectivity index (χ1n) is 3.71. The Balaban J connectivity index is 3.05. The van der Waals surface area contributed by atoms with Gasteiger partial charge in [0, 0.05) is 6.07 Å². The highest BCUT2D eigenvalue weighted by atomic mass is 32.2. The van der Waals surface area contributed by atoms with E-state index in [0.717, 1.165) is 0 Å². The molecule has 1 rings (SSSR count). The van der Waals surface area contributed by atoms with Crippen molar-refractivity contribution in [3.63, 3.8) is 0 Å². The van der Waals surface area contributed by atoms with Crippen molar-refractivity contribution in [3.05, 3.63) is 18.2 Å². The van der Waals surface area contributed by atoms with Crippen LogP contribution >= 0.6 is 0 Å². The van der Waals surface area contributed by atoms with Crippen LogP contribution in [-0.2, 0) is 11.0 Å². The van der Waals surface area contributed by atoms with E-state index in [0.29, 0.717) is 16.3 Å². The van der Waals surface area contributed by atoms with Gasteiger partial charge in [0.25, 0.3) is 0 Å². The zero-order valence-electron chi connectivity index (χ0n) is 7.53. The molecule has 0 saturated carbocycles. The summed E-state index contributed by atoms with van der Waals surface area (Å²) in [6.07, 6.45) is 0. The lowest BCUT2D eigenvalue weighted by Gasteiger charge is -2.06. The molecule has 0 spiro atoms. The molecule has 0 aliphatic rings. The highest BCUT2D eigenvalue weighted by Gasteiger charge is 2.06. The fraction of sp³-hybridized carbons (Fsp3) is 0.250. The normalized spacial score (nSPS) is 12.5. The van der Waals surface area contributed by atoms with Gasteiger partial charge in [-0.25, -0.2) is 8.93 Å². The summed E-state index contributed by atoms with van der Waals surface area (Å²) < 4.78 is 18.9. The van der Waals surface area contributed by atoms with Crippen molar-refractivity contribution in [1.29, 1.82) is 0 Å². The molecule has 0 aliphatic carbocycles. The van der Waals surface area contributed by atoms with Gasteiger partial charge >= 0.3 is 0 Å². The smallest absolute Gasteiger partial charge is 0.126 e. The molecular formula is C8H12N2O2S. The average molecular weight is 200 g/mol. The molecule has 0 radical (unpaired) electrons. The number of rotatable bonds is 3. The highest BCUT2D eigenvalue weighted by molar-refractivity contribution is 7.83. The van der Waals surface area contributed by atoms with E-state index < -0.39 is 11.0 Å². The van der Waals surface area contributed by atoms with Gasteiger partial charge in [-0.1, -0.05) is 0 Å². The number of hydrogen-bond donors (Lipinski definition) is 2. The fourth-order valence-corrected chi connectivity index (χ4v) is 1.62. The molecule has 0 bridgehead atoms. The van der Waals surface area contributed by atoms with Gasteiger partial charge < -0.3 is 10.5 Å². The van der Waals surface area contributed by atoms with Crippen molar-refractivity contribution in [1.82, 2.24) is 4.72 Å². The summed E-state index contributed by atoms with van der Waals surface area (Å²) in [4.78, 5) is 0.573. The lowest BCUT2D eigenvalue weighted by molar-refractivity contribution is 0.414. The van der Waals surface area contributed by atoms with Crippen molar-refractivity contribution in [2.75, 3.05) is 19.9 Å². The predicted octanol–water partition coefficient (Wildman–Crippen LogP) is 0.519. The maximum Gasteiger partial charge on any atom is 0.126 e. The Morgan fingerprint density at radius 3 is 2.69 bits per heavy atom. The summed E-state index contributed by atoms with van der Waals surface area (Å²) in [5, 5.41) is 0. The molecule has 1 aromatic rings. The fourth-order valence-electron chi connectivity index (χ4n) is 0.932. The second kappa shape index (κ2) is 4.25. The van der Waals surface area contributed by atoms with Crippen LogP contribution in [0.5, 0.6) is 5.75 Å². The first-order valence-corrected chi connectivity index (χ1v) is 4.86. The van der Waals surface area contributed by atoms with Gasteiger partial charge in [0.2, 0.25) is 0 Å². The zero-order chi connectivity index (χ0) is 9.84. The Hall–Kier alpha value is -1.07. The van der Waals surface area contributed by atoms with Crippen molar-refractivity contribution in [2.45, 2.75) is 4.90 Å². The maximum absolute atomic E-state index is 11.3. The average Bonchev–Trinajstić information content (AvgIpc) is 2.16. The number of ether oxygens (including phenoxy) is 1. The molecule has 1 aromatic carbocycles. The Kier molecular flexibility index (Phi) is 3.27. The molecule has 5 heteroatoms. The van der Waals surface area contributed by atoms with Crippen LogP contribution in [0.15, 0.2) is 23.1 Å². The van der Waals surface area contributed by atoms with Crippen LogP contribution in [-0.4, -0.2) is 18.4 Å². The monoisotopic (exact) mass is 200 g/mol. The van der Waals surface area contributed by atoms with Crippen LogP contribution in [0.25, 0.3) is 0 Å². The Labute approximate surface area is 79.7 Å². The molecule has 0 saturated heterocycles. The van der Waals surface area contributed by atoms with E-state index in [1.165, 1.54) is 0 Å². The summed E-state index contributed by atoms with van der Waals surface area (Å²) >= 11 is 0. The van der Waals surface area contributed by atoms with Gasteiger partial charge in [-0.2, -0.15) is 0 Å². The number of nitrogen functional groups attached to an aromatic ring is 1. The minimum absolute atomic E-state index is 0.465. The Morgan fingerprint density at radius 2 is 2.23 bits per heavy atom. The van der Waals surface area contributed by atoms with Crippen molar-refractivity contribution in [3.8, 4) is 5.75 Å². The summed E-state index contributed by atoms with van der Waals surface area (Å²) in [6.45, 7) is 0. The molecule has 0 heterocycles. The summed E-state index contributed by atoms with van der Waals surface area (Å²) in [7, 11) is 1.93. The summed E-state index contributed by atoms with van der Waals surface area (Å²) in [5.41, 5.74) is 6.13. The van der Waals surface area contributed by atoms with Gasteiger partial charge in [-0.3, -0.25) is 0 Å². The Morgan fingerprint density at radius 1 is 1.54 bits per heavy atom. The van der Waals surface area contributed by atoms with E-state index in [1.807, 2.05) is 0 Å². The second-order valence-electron chi connectivity index (χ2n) is 2.38. The van der Waals surface area contributed by atoms with Crippen LogP contribution in [0.3, 0.4) is 0 Å². The first kappa shape index (κ1) is 10.0. The third-order valence-corrected chi connectivity index (χ3v) is 2.74. The standard InChI is InChI=1S/C8H12N2O2S/c1-10-13(11)8-4-3-6(12-2)5-7(8)9/h3-5,10H,9H2,1-2H3. The number of nitrogens with two attached hydrogens (primary N) is 1. The van der Waals surface area contributed by atoms with Gasteiger partial charge in [0.15, 0.2) is 0 Å². The first-order chi connectivity index (χ1) is 6.19. The molecule has 1 unspecified atom stereocenters. The van der Waals surface area contributed by atoms with E-state index >= 15 is 0 Å². The molecule has 0 aromatic heterocycles. The SMILES string of the molecule is CNS(=O)c1ccc(OC)cc1N. The molecule has 13 heavy (non-hydrogen) atoms. The lowest BCUT2D eigenvalue weighted by Crippen LogP contribution is -2.12. The second-order valence-corrected chi connectivity index (χ2v) is 3.76. The topological polar surface area (TPSA) is 64.3 Å². The third-order valence-electron chi connectivity index (χ3n) is 1.60. The molecule has 1 atom stereocenters. The third kappa shape index (κ3) is 2.19. The summed E-state index contributed by atoms with van der Waals surface area (Å²) in [5.74, 6) is 0.661. The summed E-state index contributed by atoms with van der Waals surface area (Å²) in [6, 6.07) is 5.05. The molecule has 0 amide bonds. The van der Waals surface area contributed by atoms with Crippen LogP contribution < -0.4 is 15.2 Å². The molecule has 4 nitrogen and oxygen atoms in total. The van der Waals surface area contributed by atoms with Crippen LogP contribution in [0.1, 0.15) is 0 Å². The number of anilines is 1. The highest BCUT2D eigenvalue weighted by Crippen LogP contribution is 2.21. The van der Waals surface area contributed by atoms with E-state index in [-0.39, 0.29) is 0 Å². The van der Waals surface area contributed by atoms with E-state index in [4.69, 9.17) is 10.5 Å². The maximum atomic E-state index is 11.3. The van der Waals surface area contributed by atoms with Crippen molar-refractivity contribution < 1.29 is 8.95 Å². The molecular weight excluding hydrogens is 188 g/mol. The molecule has 72 valence electrons. The van der Waals surface area contributed by atoms with E-state index in [2.05, 4.69) is 4.72 Å². The van der Waals surface area contributed by atoms with Gasteiger partial charge in [0.05, 0.1) is 17.7 Å². The van der Waals surface area contributed by atoms with Crippen molar-refractivity contribution >= 4 is 16.7 Å². The van der Waals surface area contributed by atoms with Gasteiger partial charge in [-0.05, 0) is 19.2 Å². The lowest BCUT2D eigenvalue weighted by atomic mass is 10.3. The number of methoxy groups -OCH3 is 1. The number of nitrogens with one attached hydrogen (secondary N) is 1. The van der Waals surface area contributed by atoms with Crippen LogP contribution in [0, 0.1) is 0 Å². The number of benzene rings is 1. The van der Waals surface area contributed by atoms with E-state index in [9.17, 15) is 4.21 Å². The molecule has 3 N–H and O–H groups in total. The van der Waals surface area contributed by atoms with Gasteiger partial charge in [0.1, 0.15) is 16.7 Å². The Bertz CT molecular complexity index is 328. The zero-order valence-corrected chi connectivity index (χ0v) is 8.35. The number of hydrogen-bond acceptors (Lipinski definition) is 3.